The Balaban J connectivity index is 0.00000225. The van der Waals surface area contributed by atoms with Gasteiger partial charge in [0.2, 0.25) is 10.0 Å². The third-order valence-electron chi connectivity index (χ3n) is 4.52. The Morgan fingerprint density at radius 3 is 2.64 bits per heavy atom. The molecule has 1 saturated carbocycles. The van der Waals surface area contributed by atoms with E-state index in [1.807, 2.05) is 0 Å². The molecule has 3 rings (SSSR count). The molecule has 1 aliphatic heterocycles. The van der Waals surface area contributed by atoms with Gasteiger partial charge >= 0.3 is 0 Å². The quantitative estimate of drug-likeness (QED) is 0.392. The number of nitrogens with two attached hydrogens (primary N) is 1. The molecule has 6 nitrogen and oxygen atoms in total. The molecule has 0 spiro atoms. The maximum absolute atomic E-state index is 14.3. The van der Waals surface area contributed by atoms with Crippen LogP contribution in [0.4, 0.5) is 10.1 Å². The number of benzene rings is 1. The summed E-state index contributed by atoms with van der Waals surface area (Å²) < 4.78 is 39.2. The van der Waals surface area contributed by atoms with Crippen molar-refractivity contribution in [2.45, 2.75) is 44.7 Å². The number of hydrogen-bond acceptors (Lipinski definition) is 3. The zero-order valence-electron chi connectivity index (χ0n) is 13.9. The van der Waals surface area contributed by atoms with E-state index in [0.29, 0.717) is 30.5 Å². The molecule has 140 valence electrons. The molecule has 2 aliphatic rings. The first-order chi connectivity index (χ1) is 11.5. The molecule has 0 radical (unpaired) electrons. The second-order valence-corrected chi connectivity index (χ2v) is 8.37. The van der Waals surface area contributed by atoms with E-state index in [4.69, 9.17) is 5.73 Å². The standard InChI is InChI=1S/C16H23FN4O2S.HI/c17-14-10-12(11-19-16(18)20-13-4-1-2-5-13)6-7-15(14)21-8-3-9-24(21,22)23;/h6-7,10,13H,1-5,8-9,11H2,(H3,18,19,20);1H. The van der Waals surface area contributed by atoms with Crippen LogP contribution in [0.2, 0.25) is 0 Å². The van der Waals surface area contributed by atoms with Gasteiger partial charge in [-0.2, -0.15) is 0 Å². The van der Waals surface area contributed by atoms with E-state index in [0.717, 1.165) is 17.1 Å². The normalized spacial score (nSPS) is 20.5. The molecule has 0 atom stereocenters. The minimum atomic E-state index is -3.38. The van der Waals surface area contributed by atoms with Crippen molar-refractivity contribution in [3.05, 3.63) is 29.6 Å². The van der Waals surface area contributed by atoms with Gasteiger partial charge in [0.25, 0.3) is 0 Å². The second-order valence-electron chi connectivity index (χ2n) is 6.35. The van der Waals surface area contributed by atoms with E-state index in [1.54, 1.807) is 6.07 Å². The van der Waals surface area contributed by atoms with Crippen LogP contribution in [0.25, 0.3) is 0 Å². The van der Waals surface area contributed by atoms with Gasteiger partial charge in [-0.1, -0.05) is 18.9 Å². The first-order valence-corrected chi connectivity index (χ1v) is 9.92. The maximum atomic E-state index is 14.3. The van der Waals surface area contributed by atoms with E-state index < -0.39 is 15.8 Å². The van der Waals surface area contributed by atoms with Crippen LogP contribution < -0.4 is 15.4 Å². The van der Waals surface area contributed by atoms with Crippen molar-refractivity contribution >= 4 is 45.6 Å². The molecule has 0 aromatic heterocycles. The minimum Gasteiger partial charge on any atom is -0.370 e. The molecule has 25 heavy (non-hydrogen) atoms. The molecule has 0 bridgehead atoms. The van der Waals surface area contributed by atoms with Crippen LogP contribution in [0.3, 0.4) is 0 Å². The predicted octanol–water partition coefficient (Wildman–Crippen LogP) is 2.33. The largest absolute Gasteiger partial charge is 0.370 e. The first kappa shape index (κ1) is 20.2. The maximum Gasteiger partial charge on any atom is 0.235 e. The number of anilines is 1. The lowest BCUT2D eigenvalue weighted by atomic mass is 10.2. The summed E-state index contributed by atoms with van der Waals surface area (Å²) in [6.07, 6.45) is 5.14. The van der Waals surface area contributed by atoms with Gasteiger partial charge in [-0.25, -0.2) is 17.8 Å². The Labute approximate surface area is 165 Å². The third kappa shape index (κ3) is 4.96. The van der Waals surface area contributed by atoms with Crippen molar-refractivity contribution in [3.8, 4) is 0 Å². The van der Waals surface area contributed by atoms with Crippen LogP contribution in [-0.4, -0.2) is 32.7 Å². The fourth-order valence-corrected chi connectivity index (χ4v) is 4.83. The minimum absolute atomic E-state index is 0. The van der Waals surface area contributed by atoms with Crippen LogP contribution in [-0.2, 0) is 16.6 Å². The number of nitrogens with one attached hydrogen (secondary N) is 1. The molecule has 3 N–H and O–H groups in total. The molecule has 1 heterocycles. The molecular formula is C16H24FIN4O2S. The van der Waals surface area contributed by atoms with E-state index in [-0.39, 0.29) is 42.0 Å². The molecule has 9 heteroatoms. The number of sulfonamides is 1. The van der Waals surface area contributed by atoms with Crippen LogP contribution in [0.5, 0.6) is 0 Å². The van der Waals surface area contributed by atoms with E-state index in [1.165, 1.54) is 25.0 Å². The number of halogens is 2. The van der Waals surface area contributed by atoms with Crippen molar-refractivity contribution < 1.29 is 12.8 Å². The first-order valence-electron chi connectivity index (χ1n) is 8.31. The van der Waals surface area contributed by atoms with Crippen molar-refractivity contribution in [2.75, 3.05) is 16.6 Å². The van der Waals surface area contributed by atoms with Gasteiger partial charge in [-0.15, -0.1) is 24.0 Å². The smallest absolute Gasteiger partial charge is 0.235 e. The molecule has 1 aromatic carbocycles. The van der Waals surface area contributed by atoms with Gasteiger partial charge in [0.05, 0.1) is 18.0 Å². The monoisotopic (exact) mass is 482 g/mol. The highest BCUT2D eigenvalue weighted by Crippen LogP contribution is 2.27. The fraction of sp³-hybridized carbons (Fsp3) is 0.562. The molecular weight excluding hydrogens is 458 g/mol. The molecule has 0 amide bonds. The molecule has 1 saturated heterocycles. The zero-order chi connectivity index (χ0) is 17.2. The van der Waals surface area contributed by atoms with Crippen LogP contribution >= 0.6 is 24.0 Å². The van der Waals surface area contributed by atoms with Crippen LogP contribution in [0.15, 0.2) is 23.2 Å². The highest BCUT2D eigenvalue weighted by Gasteiger charge is 2.30. The van der Waals surface area contributed by atoms with E-state index in [9.17, 15) is 12.8 Å². The Hall–Kier alpha value is -1.10. The van der Waals surface area contributed by atoms with Crippen molar-refractivity contribution in [2.24, 2.45) is 10.7 Å². The number of rotatable bonds is 4. The van der Waals surface area contributed by atoms with Crippen molar-refractivity contribution in [1.29, 1.82) is 0 Å². The summed E-state index contributed by atoms with van der Waals surface area (Å²) in [5, 5.41) is 3.18. The third-order valence-corrected chi connectivity index (χ3v) is 6.37. The number of nitrogens with zero attached hydrogens (tertiary/aromatic N) is 2. The Bertz CT molecular complexity index is 736. The van der Waals surface area contributed by atoms with Crippen LogP contribution in [0.1, 0.15) is 37.7 Å². The van der Waals surface area contributed by atoms with E-state index in [2.05, 4.69) is 10.3 Å². The Kier molecular flexibility index (Phi) is 6.89. The highest BCUT2D eigenvalue weighted by molar-refractivity contribution is 14.0. The van der Waals surface area contributed by atoms with Gasteiger partial charge in [-0.05, 0) is 37.0 Å². The van der Waals surface area contributed by atoms with Gasteiger partial charge in [0, 0.05) is 12.6 Å². The van der Waals surface area contributed by atoms with Gasteiger partial charge in [0.1, 0.15) is 5.82 Å². The summed E-state index contributed by atoms with van der Waals surface area (Å²) in [5.41, 5.74) is 6.63. The average molecular weight is 482 g/mol. The van der Waals surface area contributed by atoms with Gasteiger partial charge in [-0.3, -0.25) is 4.31 Å². The van der Waals surface area contributed by atoms with E-state index >= 15 is 0 Å². The topological polar surface area (TPSA) is 87.8 Å². The number of guanidine groups is 1. The van der Waals surface area contributed by atoms with Crippen LogP contribution in [0, 0.1) is 5.82 Å². The van der Waals surface area contributed by atoms with Crippen molar-refractivity contribution in [3.63, 3.8) is 0 Å². The zero-order valence-corrected chi connectivity index (χ0v) is 17.1. The summed E-state index contributed by atoms with van der Waals surface area (Å²) in [6, 6.07) is 4.91. The molecule has 1 aromatic rings. The summed E-state index contributed by atoms with van der Waals surface area (Å²) in [7, 11) is -3.38. The SMILES string of the molecule is I.NC(=NCc1ccc(N2CCCS2(=O)=O)c(F)c1)NC1CCCC1. The average Bonchev–Trinajstić information content (AvgIpc) is 3.15. The van der Waals surface area contributed by atoms with Gasteiger partial charge in [0.15, 0.2) is 5.96 Å². The summed E-state index contributed by atoms with van der Waals surface area (Å²) in [4.78, 5) is 4.24. The number of hydrogen-bond donors (Lipinski definition) is 2. The molecule has 2 fully saturated rings. The molecule has 0 unspecified atom stereocenters. The predicted molar refractivity (Wildman–Crippen MR) is 108 cm³/mol. The Morgan fingerprint density at radius 2 is 2.04 bits per heavy atom. The fourth-order valence-electron chi connectivity index (χ4n) is 3.26. The lowest BCUT2D eigenvalue weighted by Gasteiger charge is -2.18. The van der Waals surface area contributed by atoms with Gasteiger partial charge < -0.3 is 11.1 Å². The summed E-state index contributed by atoms with van der Waals surface area (Å²) >= 11 is 0. The Morgan fingerprint density at radius 1 is 1.32 bits per heavy atom. The lowest BCUT2D eigenvalue weighted by molar-refractivity contribution is 0.594. The lowest BCUT2D eigenvalue weighted by Crippen LogP contribution is -2.38. The van der Waals surface area contributed by atoms with Crippen molar-refractivity contribution in [1.82, 2.24) is 5.32 Å². The summed E-state index contributed by atoms with van der Waals surface area (Å²) in [6.45, 7) is 0.588. The summed E-state index contributed by atoms with van der Waals surface area (Å²) in [5.74, 6) is -0.106. The second kappa shape index (κ2) is 8.52. The highest BCUT2D eigenvalue weighted by atomic mass is 127. The molecule has 1 aliphatic carbocycles. The number of aliphatic imine (C=N–C) groups is 1.